The average Bonchev–Trinajstić information content (AvgIpc) is 3.85. The van der Waals surface area contributed by atoms with Gasteiger partial charge in [0, 0.05) is 21.8 Å². The maximum absolute atomic E-state index is 13.2. The lowest BCUT2D eigenvalue weighted by molar-refractivity contribution is -0.121. The molecule has 12 heteroatoms. The maximum atomic E-state index is 13.2. The number of pyridine rings is 1. The fraction of sp³-hybridized carbons (Fsp3) is 0.400. The molecular weight excluding hydrogens is 655 g/mol. The Morgan fingerprint density at radius 2 is 1.68 bits per heavy atom. The van der Waals surface area contributed by atoms with Crippen molar-refractivity contribution in [3.8, 4) is 0 Å². The predicted octanol–water partition coefficient (Wildman–Crippen LogP) is 7.25. The molecule has 2 saturated carbocycles. The molecule has 4 aromatic rings. The molecule has 2 heterocycles. The van der Waals surface area contributed by atoms with Crippen LogP contribution in [0.1, 0.15) is 90.2 Å². The van der Waals surface area contributed by atoms with Crippen LogP contribution < -0.4 is 21.5 Å². The molecule has 4 atom stereocenters. The monoisotopic (exact) mass is 692 g/mol. The second-order valence-electron chi connectivity index (χ2n) is 12.6. The molecule has 0 radical (unpaired) electrons. The van der Waals surface area contributed by atoms with Gasteiger partial charge in [0.15, 0.2) is 0 Å². The Kier molecular flexibility index (Phi) is 10.9. The highest BCUT2D eigenvalue weighted by Gasteiger charge is 2.35. The molecule has 2 aromatic heterocycles. The first kappa shape index (κ1) is 33.2. The molecule has 3 amide bonds. The second-order valence-corrected chi connectivity index (χ2v) is 14.4. The van der Waals surface area contributed by atoms with Gasteiger partial charge >= 0.3 is 6.03 Å². The van der Waals surface area contributed by atoms with E-state index < -0.39 is 0 Å². The van der Waals surface area contributed by atoms with Gasteiger partial charge in [-0.05, 0) is 108 Å². The fourth-order valence-electron chi connectivity index (χ4n) is 7.22. The first-order chi connectivity index (χ1) is 22.8. The zero-order valence-electron chi connectivity index (χ0n) is 25.9. The molecule has 0 aliphatic heterocycles. The summed E-state index contributed by atoms with van der Waals surface area (Å²) in [4.78, 5) is 41.5. The van der Waals surface area contributed by atoms with E-state index in [1.807, 2.05) is 36.4 Å². The van der Waals surface area contributed by atoms with Crippen molar-refractivity contribution in [1.29, 1.82) is 0 Å². The minimum absolute atomic E-state index is 0.0391. The normalized spacial score (nSPS) is 19.3. The average molecular weight is 694 g/mol. The Morgan fingerprint density at radius 3 is 2.45 bits per heavy atom. The van der Waals surface area contributed by atoms with Crippen molar-refractivity contribution in [1.82, 2.24) is 30.5 Å². The topological polar surface area (TPSA) is 129 Å². The first-order valence-electron chi connectivity index (χ1n) is 16.1. The van der Waals surface area contributed by atoms with Gasteiger partial charge in [0.2, 0.25) is 11.5 Å². The third kappa shape index (κ3) is 8.80. The molecule has 2 aromatic carbocycles. The zero-order valence-corrected chi connectivity index (χ0v) is 28.2. The van der Waals surface area contributed by atoms with E-state index in [4.69, 9.17) is 23.2 Å². The standard InChI is InChI=1S/C35H38Cl2N6O3S/c36-27-8-3-7-23(15-27)34(42-35(46)38-19-29-9-4-10-31(44)40-29)24-12-11-22(13-24)25-14-26(17-28(37)16-25)33(21-5-1-2-6-21)41-32(45)18-30-20-39-43-47-30/h3-4,7-10,14-17,20-22,24,33-34H,1-2,5-6,11-13,18-19H2,(H,40,44)(H,41,45)(H2,38,42,46)/t22?,24?,33-,34+/m0/s1. The van der Waals surface area contributed by atoms with Crippen LogP contribution >= 0.6 is 34.7 Å². The van der Waals surface area contributed by atoms with Crippen LogP contribution in [0.25, 0.3) is 0 Å². The van der Waals surface area contributed by atoms with Gasteiger partial charge in [-0.3, -0.25) is 9.59 Å². The smallest absolute Gasteiger partial charge is 0.315 e. The minimum atomic E-state index is -0.322. The summed E-state index contributed by atoms with van der Waals surface area (Å²) in [5.41, 5.74) is 3.55. The van der Waals surface area contributed by atoms with Gasteiger partial charge in [0.1, 0.15) is 0 Å². The molecule has 2 aliphatic rings. The van der Waals surface area contributed by atoms with Crippen molar-refractivity contribution in [2.24, 2.45) is 11.8 Å². The van der Waals surface area contributed by atoms with E-state index in [0.717, 1.165) is 66.5 Å². The Labute approximate surface area is 288 Å². The molecule has 0 saturated heterocycles. The van der Waals surface area contributed by atoms with Crippen LogP contribution in [0.3, 0.4) is 0 Å². The van der Waals surface area contributed by atoms with Crippen LogP contribution in [0.15, 0.2) is 71.7 Å². The van der Waals surface area contributed by atoms with E-state index in [1.165, 1.54) is 17.6 Å². The molecule has 9 nitrogen and oxygen atoms in total. The first-order valence-corrected chi connectivity index (χ1v) is 17.7. The number of aromatic nitrogens is 3. The number of carbonyl (C=O) groups excluding carboxylic acids is 2. The lowest BCUT2D eigenvalue weighted by Gasteiger charge is -2.27. The Balaban J connectivity index is 1.19. The van der Waals surface area contributed by atoms with Gasteiger partial charge in [0.05, 0.1) is 36.1 Å². The van der Waals surface area contributed by atoms with Crippen LogP contribution in [0.4, 0.5) is 4.79 Å². The second kappa shape index (κ2) is 15.4. The summed E-state index contributed by atoms with van der Waals surface area (Å²) in [5.74, 6) is 0.704. The molecule has 4 N–H and O–H groups in total. The van der Waals surface area contributed by atoms with E-state index in [0.29, 0.717) is 21.7 Å². The summed E-state index contributed by atoms with van der Waals surface area (Å²) in [7, 11) is 0. The van der Waals surface area contributed by atoms with Crippen LogP contribution in [0, 0.1) is 11.8 Å². The highest BCUT2D eigenvalue weighted by Crippen LogP contribution is 2.46. The highest BCUT2D eigenvalue weighted by atomic mass is 35.5. The van der Waals surface area contributed by atoms with Crippen molar-refractivity contribution in [2.45, 2.75) is 75.9 Å². The van der Waals surface area contributed by atoms with Gasteiger partial charge in [-0.1, -0.05) is 64.8 Å². The van der Waals surface area contributed by atoms with Crippen molar-refractivity contribution < 1.29 is 9.59 Å². The zero-order chi connectivity index (χ0) is 32.8. The summed E-state index contributed by atoms with van der Waals surface area (Å²) in [5, 5.41) is 14.5. The van der Waals surface area contributed by atoms with Crippen LogP contribution in [-0.4, -0.2) is 26.5 Å². The molecular formula is C35H38Cl2N6O3S. The number of aromatic amines is 1. The van der Waals surface area contributed by atoms with Gasteiger partial charge in [-0.25, -0.2) is 4.79 Å². The number of rotatable bonds is 11. The summed E-state index contributed by atoms with van der Waals surface area (Å²) in [6, 6.07) is 18.0. The number of H-pyrrole nitrogens is 1. The van der Waals surface area contributed by atoms with E-state index in [-0.39, 0.29) is 54.4 Å². The summed E-state index contributed by atoms with van der Waals surface area (Å²) in [6.07, 6.45) is 9.03. The number of hydrogen-bond donors (Lipinski definition) is 4. The lowest BCUT2D eigenvalue weighted by Crippen LogP contribution is -2.40. The summed E-state index contributed by atoms with van der Waals surface area (Å²) in [6.45, 7) is 0.197. The highest BCUT2D eigenvalue weighted by molar-refractivity contribution is 7.05. The lowest BCUT2D eigenvalue weighted by atomic mass is 9.86. The minimum Gasteiger partial charge on any atom is -0.349 e. The quantitative estimate of drug-likeness (QED) is 0.132. The molecule has 246 valence electrons. The molecule has 6 rings (SSSR count). The van der Waals surface area contributed by atoms with Crippen molar-refractivity contribution in [2.75, 3.05) is 0 Å². The van der Waals surface area contributed by atoms with Gasteiger partial charge in [-0.15, -0.1) is 5.10 Å². The number of carbonyl (C=O) groups is 2. The third-order valence-corrected chi connectivity index (χ3v) is 10.5. The SMILES string of the molecule is O=C(Cc1cnns1)N[C@H](c1cc(Cl)cc(C2CCC([C@H](NC(=O)NCc3cccc(=O)[nH]3)c3cccc(Cl)c3)C2)c1)C1CCCC1. The van der Waals surface area contributed by atoms with Crippen LogP contribution in [-0.2, 0) is 17.8 Å². The molecule has 2 fully saturated rings. The molecule has 0 bridgehead atoms. The molecule has 0 spiro atoms. The number of benzene rings is 2. The van der Waals surface area contributed by atoms with Crippen molar-refractivity contribution in [3.63, 3.8) is 0 Å². The number of nitrogens with zero attached hydrogens (tertiary/aromatic N) is 2. The van der Waals surface area contributed by atoms with Gasteiger partial charge in [-0.2, -0.15) is 0 Å². The van der Waals surface area contributed by atoms with E-state index in [9.17, 15) is 14.4 Å². The summed E-state index contributed by atoms with van der Waals surface area (Å²) >= 11 is 14.4. The van der Waals surface area contributed by atoms with E-state index in [1.54, 1.807) is 18.3 Å². The molecule has 2 aliphatic carbocycles. The third-order valence-electron chi connectivity index (χ3n) is 9.41. The fourth-order valence-corrected chi connectivity index (χ4v) is 8.16. The van der Waals surface area contributed by atoms with Crippen molar-refractivity contribution >= 4 is 46.7 Å². The largest absolute Gasteiger partial charge is 0.349 e. The molecule has 2 unspecified atom stereocenters. The van der Waals surface area contributed by atoms with Gasteiger partial charge in [0.25, 0.3) is 0 Å². The predicted molar refractivity (Wildman–Crippen MR) is 185 cm³/mol. The summed E-state index contributed by atoms with van der Waals surface area (Å²) < 4.78 is 3.89. The Hall–Kier alpha value is -3.73. The van der Waals surface area contributed by atoms with E-state index >= 15 is 0 Å². The Bertz CT molecular complexity index is 1740. The molecule has 47 heavy (non-hydrogen) atoms. The number of urea groups is 1. The maximum Gasteiger partial charge on any atom is 0.315 e. The number of amides is 3. The number of hydrogen-bond acceptors (Lipinski definition) is 6. The van der Waals surface area contributed by atoms with Crippen molar-refractivity contribution in [3.05, 3.63) is 115 Å². The van der Waals surface area contributed by atoms with Crippen LogP contribution in [0.2, 0.25) is 10.0 Å². The number of nitrogens with one attached hydrogen (secondary N) is 4. The van der Waals surface area contributed by atoms with Gasteiger partial charge < -0.3 is 20.9 Å². The Morgan fingerprint density at radius 1 is 0.894 bits per heavy atom. The van der Waals surface area contributed by atoms with E-state index in [2.05, 4.69) is 36.6 Å². The number of halogens is 2. The van der Waals surface area contributed by atoms with Crippen LogP contribution in [0.5, 0.6) is 0 Å².